The maximum atomic E-state index is 11.8. The van der Waals surface area contributed by atoms with E-state index in [4.69, 9.17) is 17.3 Å². The van der Waals surface area contributed by atoms with Crippen LogP contribution in [0.2, 0.25) is 5.02 Å². The third-order valence-electron chi connectivity index (χ3n) is 3.35. The number of nitrogens with one attached hydrogen (secondary N) is 1. The van der Waals surface area contributed by atoms with Gasteiger partial charge in [0, 0.05) is 5.02 Å². The summed E-state index contributed by atoms with van der Waals surface area (Å²) in [7, 11) is 0. The molecule has 0 atom stereocenters. The maximum Gasteiger partial charge on any atom is 0.234 e. The van der Waals surface area contributed by atoms with Crippen molar-refractivity contribution < 1.29 is 4.79 Å². The van der Waals surface area contributed by atoms with E-state index in [9.17, 15) is 4.79 Å². The van der Waals surface area contributed by atoms with Gasteiger partial charge in [0.25, 0.3) is 0 Å². The second kappa shape index (κ2) is 7.06. The van der Waals surface area contributed by atoms with Crippen LogP contribution in [0, 0.1) is 5.92 Å². The Morgan fingerprint density at radius 3 is 2.84 bits per heavy atom. The summed E-state index contributed by atoms with van der Waals surface area (Å²) in [5.41, 5.74) is 6.93. The summed E-state index contributed by atoms with van der Waals surface area (Å²) in [5.74, 6) is 2.37. The smallest absolute Gasteiger partial charge is 0.234 e. The Hall–Kier alpha value is -0.870. The predicted octanol–water partition coefficient (Wildman–Crippen LogP) is 3.78. The number of benzene rings is 1. The van der Waals surface area contributed by atoms with Gasteiger partial charge in [0.15, 0.2) is 0 Å². The van der Waals surface area contributed by atoms with E-state index in [0.717, 1.165) is 11.7 Å². The molecule has 1 aliphatic carbocycles. The average Bonchev–Trinajstić information content (AvgIpc) is 2.86. The molecule has 1 aliphatic rings. The number of carbonyl (C=O) groups is 1. The Morgan fingerprint density at radius 2 is 2.16 bits per heavy atom. The largest absolute Gasteiger partial charge is 0.397 e. The van der Waals surface area contributed by atoms with Crippen LogP contribution in [0.1, 0.15) is 25.7 Å². The molecular formula is C14H19ClN2OS. The molecule has 0 spiro atoms. The molecule has 5 heteroatoms. The third kappa shape index (κ3) is 4.62. The van der Waals surface area contributed by atoms with Crippen LogP contribution in [-0.2, 0) is 4.79 Å². The first-order valence-corrected chi connectivity index (χ1v) is 8.11. The minimum Gasteiger partial charge on any atom is -0.397 e. The standard InChI is InChI=1S/C14H19ClN2OS/c15-11-5-6-13(12(16)7-11)17-14(18)9-19-8-10-3-1-2-4-10/h5-7,10H,1-4,8-9,16H2,(H,17,18). The van der Waals surface area contributed by atoms with E-state index >= 15 is 0 Å². The fourth-order valence-corrected chi connectivity index (χ4v) is 3.55. The molecule has 0 aromatic heterocycles. The third-order valence-corrected chi connectivity index (χ3v) is 4.76. The molecular weight excluding hydrogens is 280 g/mol. The molecule has 2 rings (SSSR count). The van der Waals surface area contributed by atoms with Crippen molar-refractivity contribution >= 4 is 40.6 Å². The lowest BCUT2D eigenvalue weighted by Crippen LogP contribution is -2.16. The molecule has 1 saturated carbocycles. The van der Waals surface area contributed by atoms with Gasteiger partial charge >= 0.3 is 0 Å². The van der Waals surface area contributed by atoms with Crippen molar-refractivity contribution in [1.29, 1.82) is 0 Å². The number of nitrogens with two attached hydrogens (primary N) is 1. The normalized spacial score (nSPS) is 15.6. The van der Waals surface area contributed by atoms with E-state index in [1.807, 2.05) is 0 Å². The van der Waals surface area contributed by atoms with Gasteiger partial charge in [-0.2, -0.15) is 11.8 Å². The zero-order valence-electron chi connectivity index (χ0n) is 10.8. The Bertz CT molecular complexity index is 447. The minimum atomic E-state index is -0.00276. The second-order valence-corrected chi connectivity index (χ2v) is 6.41. The highest BCUT2D eigenvalue weighted by Gasteiger charge is 2.15. The zero-order valence-corrected chi connectivity index (χ0v) is 12.4. The van der Waals surface area contributed by atoms with E-state index in [1.54, 1.807) is 30.0 Å². The Labute approximate surface area is 123 Å². The second-order valence-electron chi connectivity index (χ2n) is 4.95. The summed E-state index contributed by atoms with van der Waals surface area (Å²) in [6.45, 7) is 0. The Balaban J connectivity index is 1.74. The van der Waals surface area contributed by atoms with E-state index in [-0.39, 0.29) is 5.91 Å². The molecule has 0 saturated heterocycles. The van der Waals surface area contributed by atoms with Crippen LogP contribution in [0.15, 0.2) is 18.2 Å². The van der Waals surface area contributed by atoms with E-state index in [1.165, 1.54) is 25.7 Å². The van der Waals surface area contributed by atoms with Gasteiger partial charge in [0.05, 0.1) is 17.1 Å². The minimum absolute atomic E-state index is 0.00276. The summed E-state index contributed by atoms with van der Waals surface area (Å²) >= 11 is 7.52. The van der Waals surface area contributed by atoms with Crippen molar-refractivity contribution in [2.45, 2.75) is 25.7 Å². The zero-order chi connectivity index (χ0) is 13.7. The van der Waals surface area contributed by atoms with Gasteiger partial charge in [-0.1, -0.05) is 24.4 Å². The van der Waals surface area contributed by atoms with E-state index in [0.29, 0.717) is 22.2 Å². The van der Waals surface area contributed by atoms with Crippen molar-refractivity contribution in [1.82, 2.24) is 0 Å². The monoisotopic (exact) mass is 298 g/mol. The lowest BCUT2D eigenvalue weighted by atomic mass is 10.1. The molecule has 19 heavy (non-hydrogen) atoms. The van der Waals surface area contributed by atoms with Crippen LogP contribution in [0.25, 0.3) is 0 Å². The molecule has 1 aromatic rings. The molecule has 3 N–H and O–H groups in total. The molecule has 0 aliphatic heterocycles. The highest BCUT2D eigenvalue weighted by atomic mass is 35.5. The number of carbonyl (C=O) groups excluding carboxylic acids is 1. The number of rotatable bonds is 5. The molecule has 0 bridgehead atoms. The number of hydrogen-bond donors (Lipinski definition) is 2. The molecule has 1 aromatic carbocycles. The number of amides is 1. The fourth-order valence-electron chi connectivity index (χ4n) is 2.33. The van der Waals surface area contributed by atoms with Crippen LogP contribution < -0.4 is 11.1 Å². The molecule has 3 nitrogen and oxygen atoms in total. The molecule has 1 amide bonds. The van der Waals surface area contributed by atoms with E-state index < -0.39 is 0 Å². The van der Waals surface area contributed by atoms with Gasteiger partial charge in [-0.3, -0.25) is 4.79 Å². The number of halogens is 1. The average molecular weight is 299 g/mol. The van der Waals surface area contributed by atoms with Crippen LogP contribution in [-0.4, -0.2) is 17.4 Å². The highest BCUT2D eigenvalue weighted by molar-refractivity contribution is 7.99. The van der Waals surface area contributed by atoms with Crippen LogP contribution in [0.4, 0.5) is 11.4 Å². The summed E-state index contributed by atoms with van der Waals surface area (Å²) in [5, 5.41) is 3.39. The first kappa shape index (κ1) is 14.5. The quantitative estimate of drug-likeness (QED) is 0.813. The van der Waals surface area contributed by atoms with Gasteiger partial charge in [-0.25, -0.2) is 0 Å². The molecule has 104 valence electrons. The maximum absolute atomic E-state index is 11.8. The summed E-state index contributed by atoms with van der Waals surface area (Å²) in [6.07, 6.45) is 5.33. The topological polar surface area (TPSA) is 55.1 Å². The van der Waals surface area contributed by atoms with Crippen LogP contribution in [0.5, 0.6) is 0 Å². The lowest BCUT2D eigenvalue weighted by molar-refractivity contribution is -0.113. The van der Waals surface area contributed by atoms with Crippen LogP contribution >= 0.6 is 23.4 Å². The van der Waals surface area contributed by atoms with Crippen LogP contribution in [0.3, 0.4) is 0 Å². The first-order valence-electron chi connectivity index (χ1n) is 6.58. The van der Waals surface area contributed by atoms with Gasteiger partial charge in [0.1, 0.15) is 0 Å². The SMILES string of the molecule is Nc1cc(Cl)ccc1NC(=O)CSCC1CCCC1. The number of nitrogen functional groups attached to an aromatic ring is 1. The van der Waals surface area contributed by atoms with Crippen molar-refractivity contribution in [2.24, 2.45) is 5.92 Å². The molecule has 0 heterocycles. The van der Waals surface area contributed by atoms with Crippen molar-refractivity contribution in [3.05, 3.63) is 23.2 Å². The summed E-state index contributed by atoms with van der Waals surface area (Å²) in [6, 6.07) is 5.10. The molecule has 0 unspecified atom stereocenters. The van der Waals surface area contributed by atoms with Gasteiger partial charge < -0.3 is 11.1 Å². The Morgan fingerprint density at radius 1 is 1.42 bits per heavy atom. The van der Waals surface area contributed by atoms with Crippen molar-refractivity contribution in [3.63, 3.8) is 0 Å². The van der Waals surface area contributed by atoms with Gasteiger partial charge in [0.2, 0.25) is 5.91 Å². The van der Waals surface area contributed by atoms with Crippen molar-refractivity contribution in [3.8, 4) is 0 Å². The lowest BCUT2D eigenvalue weighted by Gasteiger charge is -2.10. The predicted molar refractivity (Wildman–Crippen MR) is 83.8 cm³/mol. The number of anilines is 2. The highest BCUT2D eigenvalue weighted by Crippen LogP contribution is 2.28. The van der Waals surface area contributed by atoms with E-state index in [2.05, 4.69) is 5.32 Å². The summed E-state index contributed by atoms with van der Waals surface area (Å²) in [4.78, 5) is 11.8. The number of hydrogen-bond acceptors (Lipinski definition) is 3. The van der Waals surface area contributed by atoms with Crippen molar-refractivity contribution in [2.75, 3.05) is 22.6 Å². The summed E-state index contributed by atoms with van der Waals surface area (Å²) < 4.78 is 0. The number of thioether (sulfide) groups is 1. The first-order chi connectivity index (χ1) is 9.15. The Kier molecular flexibility index (Phi) is 5.40. The fraction of sp³-hybridized carbons (Fsp3) is 0.500. The molecule has 0 radical (unpaired) electrons. The van der Waals surface area contributed by atoms with Gasteiger partial charge in [-0.15, -0.1) is 0 Å². The molecule has 1 fully saturated rings. The van der Waals surface area contributed by atoms with Gasteiger partial charge in [-0.05, 0) is 42.7 Å².